The van der Waals surface area contributed by atoms with Gasteiger partial charge in [-0.2, -0.15) is 0 Å². The standard InChI is InChI=1S/C14H17ClFNO3/c1-19-5-6-20-9-13(18)17-4-2-3-10-7-11(15)8-12(16)14(10)17/h7-8H,2-6,9H2,1H3. The number of halogens is 2. The topological polar surface area (TPSA) is 38.8 Å². The number of benzene rings is 1. The molecule has 0 aromatic heterocycles. The van der Waals surface area contributed by atoms with E-state index in [1.807, 2.05) is 0 Å². The second kappa shape index (κ2) is 7.02. The zero-order valence-electron chi connectivity index (χ0n) is 11.3. The Kier molecular flexibility index (Phi) is 5.34. The van der Waals surface area contributed by atoms with Gasteiger partial charge in [-0.3, -0.25) is 4.79 Å². The van der Waals surface area contributed by atoms with E-state index in [1.54, 1.807) is 13.2 Å². The van der Waals surface area contributed by atoms with Crippen molar-refractivity contribution in [1.29, 1.82) is 0 Å². The molecule has 0 bridgehead atoms. The van der Waals surface area contributed by atoms with Gasteiger partial charge in [0.2, 0.25) is 0 Å². The number of aryl methyl sites for hydroxylation is 1. The fourth-order valence-corrected chi connectivity index (χ4v) is 2.51. The fraction of sp³-hybridized carbons (Fsp3) is 0.500. The smallest absolute Gasteiger partial charge is 0.253 e. The number of fused-ring (bicyclic) bond motifs is 1. The number of hydrogen-bond donors (Lipinski definition) is 0. The van der Waals surface area contributed by atoms with Crippen LogP contribution in [-0.2, 0) is 20.7 Å². The fourth-order valence-electron chi connectivity index (χ4n) is 2.28. The number of hydrogen-bond acceptors (Lipinski definition) is 3. The minimum absolute atomic E-state index is 0.0785. The normalized spacial score (nSPS) is 14.2. The van der Waals surface area contributed by atoms with Gasteiger partial charge in [0.05, 0.1) is 18.9 Å². The van der Waals surface area contributed by atoms with E-state index in [1.165, 1.54) is 11.0 Å². The number of anilines is 1. The maximum absolute atomic E-state index is 14.0. The SMILES string of the molecule is COCCOCC(=O)N1CCCc2cc(Cl)cc(F)c21. The molecule has 1 aliphatic heterocycles. The number of rotatable bonds is 5. The van der Waals surface area contributed by atoms with Crippen LogP contribution in [0.1, 0.15) is 12.0 Å². The van der Waals surface area contributed by atoms with Crippen molar-refractivity contribution in [2.45, 2.75) is 12.8 Å². The van der Waals surface area contributed by atoms with Crippen molar-refractivity contribution in [2.24, 2.45) is 0 Å². The number of methoxy groups -OCH3 is 1. The molecule has 0 aliphatic carbocycles. The van der Waals surface area contributed by atoms with Crippen molar-refractivity contribution in [3.05, 3.63) is 28.5 Å². The zero-order chi connectivity index (χ0) is 14.5. The second-order valence-corrected chi connectivity index (χ2v) is 5.03. The van der Waals surface area contributed by atoms with Crippen LogP contribution < -0.4 is 4.90 Å². The van der Waals surface area contributed by atoms with Gasteiger partial charge in [0, 0.05) is 18.7 Å². The van der Waals surface area contributed by atoms with Crippen LogP contribution >= 0.6 is 11.6 Å². The summed E-state index contributed by atoms with van der Waals surface area (Å²) in [7, 11) is 1.56. The zero-order valence-corrected chi connectivity index (χ0v) is 12.1. The Hall–Kier alpha value is -1.17. The third-order valence-corrected chi connectivity index (χ3v) is 3.38. The van der Waals surface area contributed by atoms with E-state index in [0.717, 1.165) is 18.4 Å². The van der Waals surface area contributed by atoms with Crippen molar-refractivity contribution < 1.29 is 18.7 Å². The first-order valence-electron chi connectivity index (χ1n) is 6.48. The Morgan fingerprint density at radius 1 is 1.45 bits per heavy atom. The van der Waals surface area contributed by atoms with Crippen LogP contribution in [0.4, 0.5) is 10.1 Å². The van der Waals surface area contributed by atoms with E-state index >= 15 is 0 Å². The average Bonchev–Trinajstić information content (AvgIpc) is 2.42. The summed E-state index contributed by atoms with van der Waals surface area (Å²) in [6.45, 7) is 1.18. The van der Waals surface area contributed by atoms with Gasteiger partial charge in [-0.1, -0.05) is 11.6 Å². The first-order chi connectivity index (χ1) is 9.63. The number of amides is 1. The predicted octanol–water partition coefficient (Wildman–Crippen LogP) is 2.42. The van der Waals surface area contributed by atoms with Gasteiger partial charge in [-0.25, -0.2) is 4.39 Å². The lowest BCUT2D eigenvalue weighted by Gasteiger charge is -2.30. The van der Waals surface area contributed by atoms with E-state index in [0.29, 0.717) is 30.5 Å². The molecule has 0 N–H and O–H groups in total. The molecular formula is C14H17ClFNO3. The van der Waals surface area contributed by atoms with E-state index in [9.17, 15) is 9.18 Å². The molecule has 1 aromatic rings. The number of carbonyl (C=O) groups is 1. The van der Waals surface area contributed by atoms with Crippen molar-refractivity contribution in [3.63, 3.8) is 0 Å². The molecule has 20 heavy (non-hydrogen) atoms. The Bertz CT molecular complexity index is 496. The summed E-state index contributed by atoms with van der Waals surface area (Å²) in [6, 6.07) is 2.95. The van der Waals surface area contributed by atoms with Crippen molar-refractivity contribution >= 4 is 23.2 Å². The van der Waals surface area contributed by atoms with Crippen LogP contribution in [0.3, 0.4) is 0 Å². The molecule has 1 heterocycles. The van der Waals surface area contributed by atoms with Gasteiger partial charge in [0.25, 0.3) is 5.91 Å². The van der Waals surface area contributed by atoms with E-state index in [2.05, 4.69) is 0 Å². The van der Waals surface area contributed by atoms with Gasteiger partial charge in [0.15, 0.2) is 0 Å². The highest BCUT2D eigenvalue weighted by Gasteiger charge is 2.26. The Morgan fingerprint density at radius 2 is 2.25 bits per heavy atom. The Balaban J connectivity index is 2.10. The quantitative estimate of drug-likeness (QED) is 0.784. The van der Waals surface area contributed by atoms with E-state index < -0.39 is 5.82 Å². The third kappa shape index (κ3) is 3.48. The summed E-state index contributed by atoms with van der Waals surface area (Å²) in [4.78, 5) is 13.6. The van der Waals surface area contributed by atoms with E-state index in [-0.39, 0.29) is 12.5 Å². The highest BCUT2D eigenvalue weighted by molar-refractivity contribution is 6.30. The van der Waals surface area contributed by atoms with Gasteiger partial charge in [0.1, 0.15) is 12.4 Å². The maximum Gasteiger partial charge on any atom is 0.253 e. The van der Waals surface area contributed by atoms with Gasteiger partial charge in [-0.05, 0) is 30.5 Å². The first-order valence-corrected chi connectivity index (χ1v) is 6.86. The summed E-state index contributed by atoms with van der Waals surface area (Å²) >= 11 is 5.85. The van der Waals surface area contributed by atoms with Gasteiger partial charge < -0.3 is 14.4 Å². The monoisotopic (exact) mass is 301 g/mol. The van der Waals surface area contributed by atoms with Gasteiger partial charge >= 0.3 is 0 Å². The second-order valence-electron chi connectivity index (χ2n) is 4.59. The van der Waals surface area contributed by atoms with Gasteiger partial charge in [-0.15, -0.1) is 0 Å². The number of ether oxygens (including phenoxy) is 2. The molecule has 0 saturated heterocycles. The summed E-state index contributed by atoms with van der Waals surface area (Å²) in [6.07, 6.45) is 1.51. The number of carbonyl (C=O) groups excluding carboxylic acids is 1. The minimum atomic E-state index is -0.461. The molecule has 0 fully saturated rings. The third-order valence-electron chi connectivity index (χ3n) is 3.16. The number of nitrogens with zero attached hydrogens (tertiary/aromatic N) is 1. The highest BCUT2D eigenvalue weighted by Crippen LogP contribution is 2.32. The van der Waals surface area contributed by atoms with Crippen LogP contribution in [0.5, 0.6) is 0 Å². The Morgan fingerprint density at radius 3 is 3.00 bits per heavy atom. The summed E-state index contributed by atoms with van der Waals surface area (Å²) in [5.41, 5.74) is 1.10. The van der Waals surface area contributed by atoms with Crippen LogP contribution in [0.2, 0.25) is 5.02 Å². The first kappa shape index (κ1) is 15.2. The summed E-state index contributed by atoms with van der Waals surface area (Å²) < 4.78 is 24.1. The molecule has 110 valence electrons. The summed E-state index contributed by atoms with van der Waals surface area (Å²) in [5.74, 6) is -0.708. The molecule has 0 radical (unpaired) electrons. The predicted molar refractivity (Wildman–Crippen MR) is 74.8 cm³/mol. The van der Waals surface area contributed by atoms with Crippen molar-refractivity contribution in [3.8, 4) is 0 Å². The molecule has 6 heteroatoms. The molecule has 1 amide bonds. The van der Waals surface area contributed by atoms with Crippen LogP contribution in [0.25, 0.3) is 0 Å². The lowest BCUT2D eigenvalue weighted by atomic mass is 10.0. The highest BCUT2D eigenvalue weighted by atomic mass is 35.5. The van der Waals surface area contributed by atoms with Crippen molar-refractivity contribution in [2.75, 3.05) is 38.4 Å². The van der Waals surface area contributed by atoms with Crippen LogP contribution in [0.15, 0.2) is 12.1 Å². The average molecular weight is 302 g/mol. The Labute approximate surface area is 122 Å². The lowest BCUT2D eigenvalue weighted by molar-refractivity contribution is -0.123. The molecule has 0 unspecified atom stereocenters. The van der Waals surface area contributed by atoms with Crippen LogP contribution in [0, 0.1) is 5.82 Å². The van der Waals surface area contributed by atoms with Crippen molar-refractivity contribution in [1.82, 2.24) is 0 Å². The van der Waals surface area contributed by atoms with E-state index in [4.69, 9.17) is 21.1 Å². The molecule has 2 rings (SSSR count). The summed E-state index contributed by atoms with van der Waals surface area (Å²) in [5, 5.41) is 0.354. The minimum Gasteiger partial charge on any atom is -0.382 e. The molecular weight excluding hydrogens is 285 g/mol. The molecule has 4 nitrogen and oxygen atoms in total. The molecule has 1 aliphatic rings. The molecule has 0 spiro atoms. The molecule has 0 saturated carbocycles. The molecule has 0 atom stereocenters. The lowest BCUT2D eigenvalue weighted by Crippen LogP contribution is -2.38. The maximum atomic E-state index is 14.0. The largest absolute Gasteiger partial charge is 0.382 e. The van der Waals surface area contributed by atoms with Crippen LogP contribution in [-0.4, -0.2) is 39.4 Å². The molecule has 1 aromatic carbocycles.